The van der Waals surface area contributed by atoms with Crippen LogP contribution in [0.5, 0.6) is 5.88 Å². The molecule has 1 N–H and O–H groups in total. The fraction of sp³-hybridized carbons (Fsp3) is 0.276. The molecule has 0 bridgehead atoms. The zero-order chi connectivity index (χ0) is 25.2. The lowest BCUT2D eigenvalue weighted by atomic mass is 10.1. The number of methoxy groups -OCH3 is 1. The van der Waals surface area contributed by atoms with Crippen LogP contribution < -0.4 is 15.4 Å². The summed E-state index contributed by atoms with van der Waals surface area (Å²) in [7, 11) is 1.62. The molecule has 37 heavy (non-hydrogen) atoms. The van der Waals surface area contributed by atoms with Crippen molar-refractivity contribution in [3.05, 3.63) is 77.3 Å². The van der Waals surface area contributed by atoms with Crippen molar-refractivity contribution in [3.8, 4) is 17.3 Å². The van der Waals surface area contributed by atoms with E-state index in [1.54, 1.807) is 13.3 Å². The van der Waals surface area contributed by atoms with Crippen molar-refractivity contribution in [1.82, 2.24) is 14.5 Å². The van der Waals surface area contributed by atoms with Gasteiger partial charge >= 0.3 is 0 Å². The van der Waals surface area contributed by atoms with E-state index in [1.165, 1.54) is 5.70 Å². The van der Waals surface area contributed by atoms with Gasteiger partial charge < -0.3 is 19.4 Å². The van der Waals surface area contributed by atoms with Crippen LogP contribution in [-0.4, -0.2) is 40.9 Å². The van der Waals surface area contributed by atoms with Crippen LogP contribution in [0.2, 0.25) is 0 Å². The SMILES string of the molecule is COc1ncccc1Nc1cc2nc3ccccc3n(C3=CC=C(Cl)CC3)c-2cc1=NC1CCOCC1. The summed E-state index contributed by atoms with van der Waals surface area (Å²) in [4.78, 5) is 14.6. The summed E-state index contributed by atoms with van der Waals surface area (Å²) < 4.78 is 13.4. The second-order valence-electron chi connectivity index (χ2n) is 9.22. The van der Waals surface area contributed by atoms with Crippen LogP contribution >= 0.6 is 11.6 Å². The maximum absolute atomic E-state index is 6.31. The van der Waals surface area contributed by atoms with Crippen molar-refractivity contribution >= 4 is 39.7 Å². The van der Waals surface area contributed by atoms with Gasteiger partial charge in [0.15, 0.2) is 0 Å². The van der Waals surface area contributed by atoms with Crippen LogP contribution in [0.15, 0.2) is 76.9 Å². The topological polar surface area (TPSA) is 73.6 Å². The van der Waals surface area contributed by atoms with E-state index in [1.807, 2.05) is 24.3 Å². The molecule has 7 nitrogen and oxygen atoms in total. The number of hydrogen-bond acceptors (Lipinski definition) is 6. The van der Waals surface area contributed by atoms with Crippen molar-refractivity contribution in [2.24, 2.45) is 4.99 Å². The van der Waals surface area contributed by atoms with Gasteiger partial charge in [0, 0.05) is 30.1 Å². The Morgan fingerprint density at radius 1 is 1.05 bits per heavy atom. The fourth-order valence-electron chi connectivity index (χ4n) is 4.95. The van der Waals surface area contributed by atoms with Crippen molar-refractivity contribution in [3.63, 3.8) is 0 Å². The van der Waals surface area contributed by atoms with E-state index in [2.05, 4.69) is 51.3 Å². The number of halogens is 1. The zero-order valence-corrected chi connectivity index (χ0v) is 21.4. The average Bonchev–Trinajstić information content (AvgIpc) is 2.94. The van der Waals surface area contributed by atoms with Gasteiger partial charge in [-0.1, -0.05) is 23.7 Å². The predicted octanol–water partition coefficient (Wildman–Crippen LogP) is 6.13. The lowest BCUT2D eigenvalue weighted by Crippen LogP contribution is -2.23. The van der Waals surface area contributed by atoms with Crippen molar-refractivity contribution in [2.75, 3.05) is 25.6 Å². The number of hydrogen-bond donors (Lipinski definition) is 1. The molecule has 1 aromatic carbocycles. The highest BCUT2D eigenvalue weighted by Gasteiger charge is 2.20. The Balaban J connectivity index is 1.60. The lowest BCUT2D eigenvalue weighted by Gasteiger charge is -2.24. The van der Waals surface area contributed by atoms with Crippen LogP contribution in [0.25, 0.3) is 28.1 Å². The molecule has 1 fully saturated rings. The molecule has 2 aromatic rings. The monoisotopic (exact) mass is 513 g/mol. The van der Waals surface area contributed by atoms with Crippen molar-refractivity contribution in [1.29, 1.82) is 0 Å². The number of nitrogens with zero attached hydrogens (tertiary/aromatic N) is 4. The first-order chi connectivity index (χ1) is 18.2. The normalized spacial score (nSPS) is 17.1. The third kappa shape index (κ3) is 4.84. The van der Waals surface area contributed by atoms with E-state index in [9.17, 15) is 0 Å². The van der Waals surface area contributed by atoms with Gasteiger partial charge in [0.05, 0.1) is 46.6 Å². The van der Waals surface area contributed by atoms with Gasteiger partial charge in [0.1, 0.15) is 5.69 Å². The molecule has 8 heteroatoms. The Morgan fingerprint density at radius 2 is 1.92 bits per heavy atom. The summed E-state index contributed by atoms with van der Waals surface area (Å²) in [5, 5.41) is 5.27. The Hall–Kier alpha value is -3.68. The number of benzene rings is 2. The molecule has 4 aliphatic rings. The van der Waals surface area contributed by atoms with Gasteiger partial charge in [-0.15, -0.1) is 0 Å². The minimum Gasteiger partial charge on any atom is -0.480 e. The molecule has 6 rings (SSSR count). The molecule has 0 unspecified atom stereocenters. The summed E-state index contributed by atoms with van der Waals surface area (Å²) in [6.45, 7) is 1.46. The first kappa shape index (κ1) is 23.7. The number of allylic oxidation sites excluding steroid dienone is 4. The molecule has 188 valence electrons. The van der Waals surface area contributed by atoms with E-state index in [-0.39, 0.29) is 6.04 Å². The van der Waals surface area contributed by atoms with Crippen LogP contribution in [-0.2, 0) is 4.74 Å². The lowest BCUT2D eigenvalue weighted by molar-refractivity contribution is 0.0864. The molecular formula is C29H28ClN5O2. The quantitative estimate of drug-likeness (QED) is 0.325. The molecule has 0 radical (unpaired) electrons. The number of rotatable bonds is 5. The number of nitrogens with one attached hydrogen (secondary N) is 1. The molecule has 0 amide bonds. The van der Waals surface area contributed by atoms with Crippen LogP contribution in [0.1, 0.15) is 25.7 Å². The highest BCUT2D eigenvalue weighted by atomic mass is 35.5. The molecule has 2 aliphatic carbocycles. The summed E-state index contributed by atoms with van der Waals surface area (Å²) >= 11 is 6.31. The molecule has 3 heterocycles. The van der Waals surface area contributed by atoms with Gasteiger partial charge in [0.2, 0.25) is 5.88 Å². The molecule has 2 aliphatic heterocycles. The first-order valence-corrected chi connectivity index (χ1v) is 13.0. The van der Waals surface area contributed by atoms with Gasteiger partial charge in [-0.2, -0.15) is 0 Å². The first-order valence-electron chi connectivity index (χ1n) is 12.6. The number of anilines is 2. The maximum Gasteiger partial charge on any atom is 0.237 e. The Morgan fingerprint density at radius 3 is 2.73 bits per heavy atom. The van der Waals surface area contributed by atoms with E-state index < -0.39 is 0 Å². The minimum atomic E-state index is 0.194. The molecule has 0 atom stereocenters. The maximum atomic E-state index is 6.31. The van der Waals surface area contributed by atoms with Crippen LogP contribution in [0.4, 0.5) is 11.4 Å². The van der Waals surface area contributed by atoms with Crippen LogP contribution in [0, 0.1) is 0 Å². The number of aromatic nitrogens is 3. The standard InChI is InChI=1S/C29H28ClN5O2/c1-36-29-23(6-4-14-31-29)34-24-17-26-28(18-25(24)32-20-12-15-37-16-13-20)35(21-10-8-19(30)9-11-21)27-7-3-2-5-22(27)33-26/h2-8,10,14,17-18,20,34H,9,11-13,15-16H2,1H3. The number of pyridine rings is 1. The number of fused-ring (bicyclic) bond motifs is 2. The largest absolute Gasteiger partial charge is 0.480 e. The highest BCUT2D eigenvalue weighted by Crippen LogP contribution is 2.34. The second kappa shape index (κ2) is 10.4. The fourth-order valence-corrected chi connectivity index (χ4v) is 5.11. The summed E-state index contributed by atoms with van der Waals surface area (Å²) in [6.07, 6.45) is 9.29. The van der Waals surface area contributed by atoms with E-state index in [0.29, 0.717) is 5.88 Å². The van der Waals surface area contributed by atoms with Crippen molar-refractivity contribution < 1.29 is 9.47 Å². The van der Waals surface area contributed by atoms with Crippen molar-refractivity contribution in [2.45, 2.75) is 31.7 Å². The Labute approximate surface area is 220 Å². The minimum absolute atomic E-state index is 0.194. The second-order valence-corrected chi connectivity index (χ2v) is 9.71. The third-order valence-electron chi connectivity index (χ3n) is 6.81. The average molecular weight is 514 g/mol. The molecule has 1 saturated heterocycles. The summed E-state index contributed by atoms with van der Waals surface area (Å²) in [5.74, 6) is 0.525. The van der Waals surface area contributed by atoms with E-state index in [4.69, 9.17) is 31.1 Å². The summed E-state index contributed by atoms with van der Waals surface area (Å²) in [5.41, 5.74) is 6.67. The Kier molecular flexibility index (Phi) is 6.64. The Bertz CT molecular complexity index is 1550. The third-order valence-corrected chi connectivity index (χ3v) is 7.12. The van der Waals surface area contributed by atoms with E-state index >= 15 is 0 Å². The van der Waals surface area contributed by atoms with Crippen LogP contribution in [0.3, 0.4) is 0 Å². The van der Waals surface area contributed by atoms with Gasteiger partial charge in [-0.05, 0) is 74.2 Å². The predicted molar refractivity (Wildman–Crippen MR) is 147 cm³/mol. The zero-order valence-electron chi connectivity index (χ0n) is 20.7. The van der Waals surface area contributed by atoms with Gasteiger partial charge in [-0.25, -0.2) is 9.97 Å². The molecular weight excluding hydrogens is 486 g/mol. The smallest absolute Gasteiger partial charge is 0.237 e. The van der Waals surface area contributed by atoms with Gasteiger partial charge in [0.25, 0.3) is 0 Å². The molecule has 0 saturated carbocycles. The summed E-state index contributed by atoms with van der Waals surface area (Å²) in [6, 6.07) is 16.5. The molecule has 0 spiro atoms. The number of para-hydroxylation sites is 2. The number of ether oxygens (including phenoxy) is 2. The van der Waals surface area contributed by atoms with Gasteiger partial charge in [-0.3, -0.25) is 4.99 Å². The van der Waals surface area contributed by atoms with E-state index in [0.717, 1.165) is 83.1 Å². The molecule has 1 aromatic heterocycles. The highest BCUT2D eigenvalue weighted by molar-refractivity contribution is 6.29.